The second-order valence-electron chi connectivity index (χ2n) is 8.51. The summed E-state index contributed by atoms with van der Waals surface area (Å²) in [6.45, 7) is 1.42. The minimum atomic E-state index is -5.17. The number of Topliss-reactive ketones (excluding diaryl/α,β-unsaturated/α-hetero) is 1. The third kappa shape index (κ3) is 10.0. The van der Waals surface area contributed by atoms with Crippen LogP contribution in [0.25, 0.3) is 0 Å². The van der Waals surface area contributed by atoms with E-state index in [4.69, 9.17) is 7.48 Å². The standard InChI is InChI=1S/C22H32N2O8S.Na/c1-14(2)10-18(24-22(28)32-13-15-6-4-3-5-7-15)19(25)12-17(21(27)33(29,30)31)11-16-8-9-23-20(16)26;/h3-7,14,16-18,21,27H,8-13H2,1-2H3,(H,23,26)(H,24,28)(H,29,30,31);/q;+1/p-1/t16-,17+,18-,21?;/m0./s1/i13D2;. The average molecular weight is 509 g/mol. The van der Waals surface area contributed by atoms with Crippen LogP contribution in [-0.4, -0.2) is 53.9 Å². The summed E-state index contributed by atoms with van der Waals surface area (Å²) in [6, 6.07) is 6.46. The number of ketones is 1. The molecule has 2 rings (SSSR count). The van der Waals surface area contributed by atoms with Crippen LogP contribution in [0.4, 0.5) is 4.79 Å². The predicted molar refractivity (Wildman–Crippen MR) is 118 cm³/mol. The minimum Gasteiger partial charge on any atom is -0.746 e. The quantitative estimate of drug-likeness (QED) is 0.222. The molecule has 1 unspecified atom stereocenters. The molecule has 1 saturated heterocycles. The van der Waals surface area contributed by atoms with E-state index < -0.39 is 58.3 Å². The van der Waals surface area contributed by atoms with Gasteiger partial charge in [0, 0.05) is 24.8 Å². The first-order chi connectivity index (χ1) is 16.2. The second kappa shape index (κ2) is 14.2. The summed E-state index contributed by atoms with van der Waals surface area (Å²) in [6.07, 6.45) is -1.52. The van der Waals surface area contributed by atoms with Crippen LogP contribution < -0.4 is 40.2 Å². The Labute approximate surface area is 225 Å². The van der Waals surface area contributed by atoms with E-state index in [1.54, 1.807) is 32.0 Å². The van der Waals surface area contributed by atoms with Gasteiger partial charge in [0.25, 0.3) is 0 Å². The molecule has 184 valence electrons. The Morgan fingerprint density at radius 3 is 2.50 bits per heavy atom. The molecule has 12 heteroatoms. The number of ether oxygens (including phenoxy) is 1. The van der Waals surface area contributed by atoms with Crippen LogP contribution >= 0.6 is 0 Å². The predicted octanol–water partition coefficient (Wildman–Crippen LogP) is -1.70. The number of hydrogen-bond acceptors (Lipinski definition) is 8. The van der Waals surface area contributed by atoms with Crippen LogP contribution in [-0.2, 0) is 31.0 Å². The van der Waals surface area contributed by atoms with E-state index in [1.807, 2.05) is 0 Å². The van der Waals surface area contributed by atoms with Gasteiger partial charge in [-0.05, 0) is 30.7 Å². The van der Waals surface area contributed by atoms with Gasteiger partial charge >= 0.3 is 35.7 Å². The SMILES string of the molecule is [2H]C([2H])(OC(=O)N[C@@H](CC(C)C)C(=O)C[C@@H](C[C@@H]1CCNC1=O)C(O)S(=O)(=O)[O-])c1ccccc1.[Na+]. The van der Waals surface area contributed by atoms with Gasteiger partial charge in [-0.3, -0.25) is 9.59 Å². The molecule has 0 bridgehead atoms. The second-order valence-corrected chi connectivity index (χ2v) is 9.98. The molecule has 0 saturated carbocycles. The zero-order chi connectivity index (χ0) is 26.4. The van der Waals surface area contributed by atoms with E-state index in [0.717, 1.165) is 0 Å². The van der Waals surface area contributed by atoms with Crippen molar-refractivity contribution < 1.29 is 69.5 Å². The molecule has 2 amide bonds. The van der Waals surface area contributed by atoms with Crippen LogP contribution in [0.5, 0.6) is 0 Å². The van der Waals surface area contributed by atoms with Crippen molar-refractivity contribution in [3.05, 3.63) is 35.9 Å². The van der Waals surface area contributed by atoms with Crippen LogP contribution in [0.15, 0.2) is 30.3 Å². The number of alkyl carbamates (subject to hydrolysis) is 1. The molecule has 0 aliphatic carbocycles. The molecule has 34 heavy (non-hydrogen) atoms. The molecular weight excluding hydrogens is 475 g/mol. The summed E-state index contributed by atoms with van der Waals surface area (Å²) in [5, 5.41) is 15.0. The van der Waals surface area contributed by atoms with Crippen molar-refractivity contribution >= 4 is 27.9 Å². The first-order valence-electron chi connectivity index (χ1n) is 11.7. The number of aliphatic hydroxyl groups excluding tert-OH is 1. The van der Waals surface area contributed by atoms with Crippen LogP contribution in [0, 0.1) is 17.8 Å². The fourth-order valence-corrected chi connectivity index (χ4v) is 4.38. The van der Waals surface area contributed by atoms with Crippen molar-refractivity contribution in [1.29, 1.82) is 0 Å². The minimum absolute atomic E-state index is 0. The van der Waals surface area contributed by atoms with Crippen molar-refractivity contribution in [1.82, 2.24) is 10.6 Å². The molecule has 10 nitrogen and oxygen atoms in total. The van der Waals surface area contributed by atoms with Gasteiger partial charge in [0.05, 0.1) is 8.78 Å². The van der Waals surface area contributed by atoms with Crippen molar-refractivity contribution in [2.24, 2.45) is 17.8 Å². The van der Waals surface area contributed by atoms with Crippen LogP contribution in [0.1, 0.15) is 47.8 Å². The Morgan fingerprint density at radius 1 is 1.32 bits per heavy atom. The topological polar surface area (TPSA) is 162 Å². The summed E-state index contributed by atoms with van der Waals surface area (Å²) in [5.74, 6) is -3.17. The average Bonchev–Trinajstić information content (AvgIpc) is 3.15. The Balaban J connectivity index is 0.00000648. The van der Waals surface area contributed by atoms with Gasteiger partial charge in [-0.25, -0.2) is 13.2 Å². The molecule has 1 aliphatic rings. The van der Waals surface area contributed by atoms with Crippen molar-refractivity contribution in [2.75, 3.05) is 6.54 Å². The third-order valence-corrected chi connectivity index (χ3v) is 6.31. The fourth-order valence-electron chi connectivity index (χ4n) is 3.70. The maximum atomic E-state index is 13.1. The van der Waals surface area contributed by atoms with Crippen molar-refractivity contribution in [2.45, 2.75) is 57.6 Å². The maximum absolute atomic E-state index is 13.1. The third-order valence-electron chi connectivity index (χ3n) is 5.34. The largest absolute Gasteiger partial charge is 1.00 e. The van der Waals surface area contributed by atoms with Gasteiger partial charge in [-0.1, -0.05) is 44.2 Å². The normalized spacial score (nSPS) is 19.7. The van der Waals surface area contributed by atoms with E-state index >= 15 is 0 Å². The molecule has 1 aliphatic heterocycles. The van der Waals surface area contributed by atoms with Crippen LogP contribution in [0.3, 0.4) is 0 Å². The van der Waals surface area contributed by atoms with Crippen molar-refractivity contribution in [3.63, 3.8) is 0 Å². The van der Waals surface area contributed by atoms with Gasteiger partial charge < -0.3 is 25.0 Å². The number of carbonyl (C=O) groups is 3. The first kappa shape index (κ1) is 27.1. The number of amides is 2. The van der Waals surface area contributed by atoms with Crippen LogP contribution in [0.2, 0.25) is 0 Å². The number of rotatable bonds is 12. The molecule has 1 fully saturated rings. The molecule has 0 aromatic heterocycles. The van der Waals surface area contributed by atoms with E-state index in [0.29, 0.717) is 13.0 Å². The number of carbonyl (C=O) groups excluding carboxylic acids is 3. The smallest absolute Gasteiger partial charge is 0.746 e. The molecule has 3 N–H and O–H groups in total. The number of benzene rings is 1. The zero-order valence-corrected chi connectivity index (χ0v) is 22.3. The molecule has 1 heterocycles. The van der Waals surface area contributed by atoms with Gasteiger partial charge in [0.2, 0.25) is 5.91 Å². The molecule has 1 aromatic carbocycles. The number of aliphatic hydroxyl groups is 1. The summed E-state index contributed by atoms with van der Waals surface area (Å²) in [4.78, 5) is 37.5. The monoisotopic (exact) mass is 508 g/mol. The molecule has 1 aromatic rings. The van der Waals surface area contributed by atoms with Crippen molar-refractivity contribution in [3.8, 4) is 0 Å². The van der Waals surface area contributed by atoms with E-state index in [2.05, 4.69) is 10.6 Å². The summed E-state index contributed by atoms with van der Waals surface area (Å²) < 4.78 is 55.3. The summed E-state index contributed by atoms with van der Waals surface area (Å²) in [7, 11) is -5.17. The number of nitrogens with one attached hydrogen (secondary N) is 2. The molecular formula is C22H31N2NaO8S. The fraction of sp³-hybridized carbons (Fsp3) is 0.591. The first-order valence-corrected chi connectivity index (χ1v) is 12.2. The Kier molecular flexibility index (Phi) is 11.3. The summed E-state index contributed by atoms with van der Waals surface area (Å²) >= 11 is 0. The molecule has 0 spiro atoms. The van der Waals surface area contributed by atoms with Gasteiger partial charge in [0.1, 0.15) is 22.1 Å². The Hall–Kier alpha value is -1.50. The van der Waals surface area contributed by atoms with E-state index in [-0.39, 0.29) is 59.8 Å². The Morgan fingerprint density at radius 2 is 1.97 bits per heavy atom. The number of hydrogen-bond donors (Lipinski definition) is 3. The van der Waals surface area contributed by atoms with E-state index in [1.165, 1.54) is 12.1 Å². The van der Waals surface area contributed by atoms with E-state index in [9.17, 15) is 32.5 Å². The maximum Gasteiger partial charge on any atom is 1.00 e. The molecule has 0 radical (unpaired) electrons. The van der Waals surface area contributed by atoms with Gasteiger partial charge in [0.15, 0.2) is 5.78 Å². The molecule has 4 atom stereocenters. The Bertz CT molecular complexity index is 1010. The van der Waals surface area contributed by atoms with Gasteiger partial charge in [-0.15, -0.1) is 0 Å². The zero-order valence-electron chi connectivity index (χ0n) is 21.5. The summed E-state index contributed by atoms with van der Waals surface area (Å²) in [5.41, 5.74) is -2.32. The van der Waals surface area contributed by atoms with Gasteiger partial charge in [-0.2, -0.15) is 0 Å².